The van der Waals surface area contributed by atoms with Crippen LogP contribution in [0.3, 0.4) is 0 Å². The number of urea groups is 1. The lowest BCUT2D eigenvalue weighted by Crippen LogP contribution is -2.46. The lowest BCUT2D eigenvalue weighted by atomic mass is 9.98. The Kier molecular flexibility index (Phi) is 4.88. The average molecular weight is 362 g/mol. The molecule has 3 rings (SSSR count). The van der Waals surface area contributed by atoms with E-state index in [4.69, 9.17) is 0 Å². The van der Waals surface area contributed by atoms with Gasteiger partial charge in [0.25, 0.3) is 5.91 Å². The van der Waals surface area contributed by atoms with Gasteiger partial charge in [-0.05, 0) is 37.1 Å². The van der Waals surface area contributed by atoms with Crippen LogP contribution in [0.2, 0.25) is 0 Å². The highest BCUT2D eigenvalue weighted by Crippen LogP contribution is 2.34. The van der Waals surface area contributed by atoms with Crippen LogP contribution in [-0.4, -0.2) is 47.3 Å². The van der Waals surface area contributed by atoms with Gasteiger partial charge < -0.3 is 16.0 Å². The van der Waals surface area contributed by atoms with Crippen molar-refractivity contribution in [2.75, 3.05) is 18.4 Å². The van der Waals surface area contributed by atoms with Crippen LogP contribution in [0.15, 0.2) is 24.3 Å². The van der Waals surface area contributed by atoms with Crippen molar-refractivity contribution < 1.29 is 23.6 Å². The minimum atomic E-state index is -0.864. The summed E-state index contributed by atoms with van der Waals surface area (Å²) in [5, 5.41) is 7.54. The maximum atomic E-state index is 12.8. The molecule has 1 aliphatic carbocycles. The van der Waals surface area contributed by atoms with E-state index in [0.29, 0.717) is 18.5 Å². The maximum Gasteiger partial charge on any atom is 0.325 e. The molecule has 0 radical (unpaired) electrons. The Morgan fingerprint density at radius 2 is 1.77 bits per heavy atom. The largest absolute Gasteiger partial charge is 0.345 e. The predicted molar refractivity (Wildman–Crippen MR) is 89.5 cm³/mol. The van der Waals surface area contributed by atoms with Crippen molar-refractivity contribution in [3.05, 3.63) is 30.1 Å². The van der Waals surface area contributed by atoms with E-state index in [1.165, 1.54) is 24.3 Å². The van der Waals surface area contributed by atoms with E-state index in [9.17, 15) is 23.6 Å². The van der Waals surface area contributed by atoms with Crippen molar-refractivity contribution in [2.45, 2.75) is 31.2 Å². The van der Waals surface area contributed by atoms with Crippen LogP contribution in [0.5, 0.6) is 0 Å². The molecule has 2 aliphatic rings. The van der Waals surface area contributed by atoms with Crippen LogP contribution >= 0.6 is 0 Å². The highest BCUT2D eigenvalue weighted by Gasteiger charge is 2.52. The van der Waals surface area contributed by atoms with Gasteiger partial charge in [-0.25, -0.2) is 9.18 Å². The fourth-order valence-corrected chi connectivity index (χ4v) is 3.25. The van der Waals surface area contributed by atoms with Gasteiger partial charge in [-0.2, -0.15) is 0 Å². The van der Waals surface area contributed by atoms with Crippen molar-refractivity contribution in [1.29, 1.82) is 0 Å². The van der Waals surface area contributed by atoms with Gasteiger partial charge in [0.2, 0.25) is 11.8 Å². The standard InChI is InChI=1S/C17H19FN4O4/c18-11-3-5-12(6-4-11)20-13(23)9-19-14(24)10-22-15(25)17(21-16(22)26)7-1-2-8-17/h3-6H,1-2,7-10H2,(H,19,24)(H,20,23)(H,21,26). The number of hydrogen-bond acceptors (Lipinski definition) is 4. The molecule has 0 unspecified atom stereocenters. The lowest BCUT2D eigenvalue weighted by Gasteiger charge is -2.19. The minimum absolute atomic E-state index is 0.328. The van der Waals surface area contributed by atoms with E-state index in [-0.39, 0.29) is 12.5 Å². The Bertz CT molecular complexity index is 744. The maximum absolute atomic E-state index is 12.8. The van der Waals surface area contributed by atoms with Crippen LogP contribution in [0, 0.1) is 5.82 Å². The van der Waals surface area contributed by atoms with Crippen molar-refractivity contribution in [3.63, 3.8) is 0 Å². The first-order valence-corrected chi connectivity index (χ1v) is 8.36. The summed E-state index contributed by atoms with van der Waals surface area (Å²) in [6.07, 6.45) is 2.87. The molecule has 1 aromatic carbocycles. The zero-order valence-corrected chi connectivity index (χ0v) is 14.0. The van der Waals surface area contributed by atoms with E-state index < -0.39 is 35.7 Å². The third-order valence-corrected chi connectivity index (χ3v) is 4.58. The first kappa shape index (κ1) is 17.8. The molecule has 1 saturated heterocycles. The highest BCUT2D eigenvalue weighted by molar-refractivity contribution is 6.09. The first-order chi connectivity index (χ1) is 12.4. The Hall–Kier alpha value is -2.97. The lowest BCUT2D eigenvalue weighted by molar-refractivity contribution is -0.135. The van der Waals surface area contributed by atoms with E-state index in [0.717, 1.165) is 17.7 Å². The van der Waals surface area contributed by atoms with Gasteiger partial charge >= 0.3 is 6.03 Å². The van der Waals surface area contributed by atoms with Gasteiger partial charge in [-0.15, -0.1) is 0 Å². The van der Waals surface area contributed by atoms with Gasteiger partial charge in [-0.3, -0.25) is 19.3 Å². The van der Waals surface area contributed by atoms with Crippen LogP contribution in [0.4, 0.5) is 14.9 Å². The van der Waals surface area contributed by atoms with Gasteiger partial charge in [0, 0.05) is 5.69 Å². The molecule has 0 atom stereocenters. The summed E-state index contributed by atoms with van der Waals surface area (Å²) in [4.78, 5) is 49.1. The Balaban J connectivity index is 1.48. The number of nitrogens with zero attached hydrogens (tertiary/aromatic N) is 1. The fourth-order valence-electron chi connectivity index (χ4n) is 3.25. The molecular formula is C17H19FN4O4. The normalized spacial score (nSPS) is 18.1. The number of rotatable bonds is 5. The second kappa shape index (κ2) is 7.11. The second-order valence-electron chi connectivity index (χ2n) is 6.44. The molecule has 9 heteroatoms. The molecule has 0 aromatic heterocycles. The minimum Gasteiger partial charge on any atom is -0.345 e. The monoisotopic (exact) mass is 362 g/mol. The van der Waals surface area contributed by atoms with Gasteiger partial charge in [0.05, 0.1) is 6.54 Å². The summed E-state index contributed by atoms with van der Waals surface area (Å²) in [7, 11) is 0. The third kappa shape index (κ3) is 3.66. The molecule has 138 valence electrons. The number of carbonyl (C=O) groups is 4. The Labute approximate surface area is 149 Å². The zero-order chi connectivity index (χ0) is 18.7. The molecular weight excluding hydrogens is 343 g/mol. The molecule has 1 aliphatic heterocycles. The fraction of sp³-hybridized carbons (Fsp3) is 0.412. The highest BCUT2D eigenvalue weighted by atomic mass is 19.1. The summed E-state index contributed by atoms with van der Waals surface area (Å²) >= 11 is 0. The van der Waals surface area contributed by atoms with Gasteiger partial charge in [0.15, 0.2) is 0 Å². The number of imide groups is 1. The molecule has 5 amide bonds. The molecule has 1 spiro atoms. The van der Waals surface area contributed by atoms with Gasteiger partial charge in [-0.1, -0.05) is 12.8 Å². The van der Waals surface area contributed by atoms with Crippen LogP contribution in [0.25, 0.3) is 0 Å². The molecule has 26 heavy (non-hydrogen) atoms. The SMILES string of the molecule is O=C(CN1C(=O)NC2(CCCC2)C1=O)NCC(=O)Nc1ccc(F)cc1. The van der Waals surface area contributed by atoms with E-state index in [2.05, 4.69) is 16.0 Å². The van der Waals surface area contributed by atoms with Crippen LogP contribution in [-0.2, 0) is 14.4 Å². The summed E-state index contributed by atoms with van der Waals surface area (Å²) in [5.74, 6) is -1.93. The summed E-state index contributed by atoms with van der Waals surface area (Å²) < 4.78 is 12.8. The van der Waals surface area contributed by atoms with Crippen molar-refractivity contribution in [3.8, 4) is 0 Å². The molecule has 1 aromatic rings. The van der Waals surface area contributed by atoms with Crippen LogP contribution < -0.4 is 16.0 Å². The molecule has 1 saturated carbocycles. The Morgan fingerprint density at radius 3 is 2.42 bits per heavy atom. The van der Waals surface area contributed by atoms with E-state index >= 15 is 0 Å². The van der Waals surface area contributed by atoms with Crippen LogP contribution in [0.1, 0.15) is 25.7 Å². The number of nitrogens with one attached hydrogen (secondary N) is 3. The van der Waals surface area contributed by atoms with Crippen molar-refractivity contribution in [1.82, 2.24) is 15.5 Å². The number of anilines is 1. The summed E-state index contributed by atoms with van der Waals surface area (Å²) in [6.45, 7) is -0.763. The zero-order valence-electron chi connectivity index (χ0n) is 14.0. The number of amides is 5. The molecule has 3 N–H and O–H groups in total. The Morgan fingerprint density at radius 1 is 1.12 bits per heavy atom. The van der Waals surface area contributed by atoms with E-state index in [1.54, 1.807) is 0 Å². The van der Waals surface area contributed by atoms with Crippen molar-refractivity contribution in [2.24, 2.45) is 0 Å². The number of benzene rings is 1. The summed E-state index contributed by atoms with van der Waals surface area (Å²) in [6, 6.07) is 4.60. The quantitative estimate of drug-likeness (QED) is 0.672. The smallest absolute Gasteiger partial charge is 0.325 e. The average Bonchev–Trinajstić information content (AvgIpc) is 3.16. The molecule has 1 heterocycles. The topological polar surface area (TPSA) is 108 Å². The predicted octanol–water partition coefficient (Wildman–Crippen LogP) is 0.745. The second-order valence-corrected chi connectivity index (χ2v) is 6.44. The van der Waals surface area contributed by atoms with Crippen molar-refractivity contribution >= 4 is 29.4 Å². The molecule has 8 nitrogen and oxygen atoms in total. The van der Waals surface area contributed by atoms with Gasteiger partial charge in [0.1, 0.15) is 17.9 Å². The number of halogens is 1. The number of carbonyl (C=O) groups excluding carboxylic acids is 4. The molecule has 0 bridgehead atoms. The molecule has 2 fully saturated rings. The first-order valence-electron chi connectivity index (χ1n) is 8.36. The third-order valence-electron chi connectivity index (χ3n) is 4.58. The summed E-state index contributed by atoms with van der Waals surface area (Å²) in [5.41, 5.74) is -0.472. The number of hydrogen-bond donors (Lipinski definition) is 3. The van der Waals surface area contributed by atoms with E-state index in [1.807, 2.05) is 0 Å².